The first-order valence-electron chi connectivity index (χ1n) is 9.18. The summed E-state index contributed by atoms with van der Waals surface area (Å²) < 4.78 is 14.4. The summed E-state index contributed by atoms with van der Waals surface area (Å²) in [4.78, 5) is 19.5. The van der Waals surface area contributed by atoms with Gasteiger partial charge in [0.15, 0.2) is 5.65 Å². The van der Waals surface area contributed by atoms with Crippen molar-refractivity contribution in [3.05, 3.63) is 41.3 Å². The van der Waals surface area contributed by atoms with Crippen molar-refractivity contribution in [3.63, 3.8) is 0 Å². The number of likely N-dealkylation sites (tertiary alicyclic amines) is 1. The molecule has 28 heavy (non-hydrogen) atoms. The van der Waals surface area contributed by atoms with Crippen LogP contribution in [0.25, 0.3) is 22.3 Å². The maximum absolute atomic E-state index is 14.4. The molecule has 0 atom stereocenters. The summed E-state index contributed by atoms with van der Waals surface area (Å²) in [6, 6.07) is 5.44. The third-order valence-corrected chi connectivity index (χ3v) is 5.36. The minimum absolute atomic E-state index is 0.146. The number of phenols is 1. The number of phenolic OH excluding ortho intramolecular Hbond substituents is 1. The molecule has 3 heterocycles. The SMILES string of the molecule is Cc1[nH]nc2nc(-c3ccc(O)cc3F)cc(C(=O)N3CCC(C)(N)CC3)c12. The van der Waals surface area contributed by atoms with Gasteiger partial charge in [0, 0.05) is 36.0 Å². The average molecular weight is 383 g/mol. The molecule has 1 aliphatic rings. The van der Waals surface area contributed by atoms with Crippen molar-refractivity contribution in [1.82, 2.24) is 20.1 Å². The molecule has 1 fully saturated rings. The largest absolute Gasteiger partial charge is 0.508 e. The van der Waals surface area contributed by atoms with Crippen LogP contribution in [0.15, 0.2) is 24.3 Å². The smallest absolute Gasteiger partial charge is 0.254 e. The maximum atomic E-state index is 14.4. The number of nitrogens with two attached hydrogens (primary N) is 1. The van der Waals surface area contributed by atoms with Crippen molar-refractivity contribution in [2.24, 2.45) is 5.73 Å². The highest BCUT2D eigenvalue weighted by atomic mass is 19.1. The van der Waals surface area contributed by atoms with E-state index in [2.05, 4.69) is 15.2 Å². The average Bonchev–Trinajstić information content (AvgIpc) is 3.01. The highest BCUT2D eigenvalue weighted by molar-refractivity contribution is 6.07. The molecule has 0 radical (unpaired) electrons. The Morgan fingerprint density at radius 3 is 2.71 bits per heavy atom. The number of hydrogen-bond acceptors (Lipinski definition) is 5. The monoisotopic (exact) mass is 383 g/mol. The van der Waals surface area contributed by atoms with E-state index in [1.807, 2.05) is 13.8 Å². The lowest BCUT2D eigenvalue weighted by atomic mass is 9.90. The number of piperidine rings is 1. The summed E-state index contributed by atoms with van der Waals surface area (Å²) in [5.41, 5.74) is 7.91. The van der Waals surface area contributed by atoms with E-state index in [-0.39, 0.29) is 22.8 Å². The molecule has 0 aliphatic carbocycles. The number of fused-ring (bicyclic) bond motifs is 1. The van der Waals surface area contributed by atoms with Crippen molar-refractivity contribution >= 4 is 16.9 Å². The predicted octanol–water partition coefficient (Wildman–Crippen LogP) is 2.73. The quantitative estimate of drug-likeness (QED) is 0.631. The minimum atomic E-state index is -0.616. The zero-order valence-electron chi connectivity index (χ0n) is 15.8. The molecule has 1 aromatic carbocycles. The number of pyridine rings is 1. The van der Waals surface area contributed by atoms with E-state index in [9.17, 15) is 14.3 Å². The van der Waals surface area contributed by atoms with E-state index in [4.69, 9.17) is 5.73 Å². The number of benzene rings is 1. The van der Waals surface area contributed by atoms with Crippen molar-refractivity contribution in [2.75, 3.05) is 13.1 Å². The molecule has 146 valence electrons. The summed E-state index contributed by atoms with van der Waals surface area (Å²) in [6.45, 7) is 4.94. The second-order valence-corrected chi connectivity index (χ2v) is 7.71. The summed E-state index contributed by atoms with van der Waals surface area (Å²) in [5, 5.41) is 17.1. The molecule has 3 aromatic rings. The molecule has 2 aromatic heterocycles. The number of H-pyrrole nitrogens is 1. The van der Waals surface area contributed by atoms with Crippen molar-refractivity contribution in [1.29, 1.82) is 0 Å². The topological polar surface area (TPSA) is 108 Å². The van der Waals surface area contributed by atoms with Crippen LogP contribution < -0.4 is 5.73 Å². The van der Waals surface area contributed by atoms with Gasteiger partial charge in [-0.25, -0.2) is 9.37 Å². The third kappa shape index (κ3) is 3.20. The first kappa shape index (κ1) is 18.4. The van der Waals surface area contributed by atoms with E-state index in [1.54, 1.807) is 11.0 Å². The van der Waals surface area contributed by atoms with Crippen LogP contribution in [0.2, 0.25) is 0 Å². The van der Waals surface area contributed by atoms with Crippen LogP contribution in [-0.2, 0) is 0 Å². The zero-order valence-corrected chi connectivity index (χ0v) is 15.8. The number of carbonyl (C=O) groups excluding carboxylic acids is 1. The van der Waals surface area contributed by atoms with Gasteiger partial charge in [0.1, 0.15) is 11.6 Å². The number of halogens is 1. The number of hydrogen-bond donors (Lipinski definition) is 3. The number of carbonyl (C=O) groups is 1. The number of nitrogens with zero attached hydrogens (tertiary/aromatic N) is 3. The fraction of sp³-hybridized carbons (Fsp3) is 0.350. The fourth-order valence-corrected chi connectivity index (χ4v) is 3.58. The lowest BCUT2D eigenvalue weighted by Gasteiger charge is -2.36. The molecule has 1 amide bonds. The van der Waals surface area contributed by atoms with Gasteiger partial charge in [-0.3, -0.25) is 9.89 Å². The lowest BCUT2D eigenvalue weighted by Crippen LogP contribution is -2.49. The van der Waals surface area contributed by atoms with Crippen LogP contribution in [0, 0.1) is 12.7 Å². The third-order valence-electron chi connectivity index (χ3n) is 5.36. The molecule has 0 spiro atoms. The molecule has 1 aliphatic heterocycles. The Morgan fingerprint density at radius 1 is 1.32 bits per heavy atom. The van der Waals surface area contributed by atoms with Crippen LogP contribution in [0.4, 0.5) is 4.39 Å². The highest BCUT2D eigenvalue weighted by Crippen LogP contribution is 2.30. The lowest BCUT2D eigenvalue weighted by molar-refractivity contribution is 0.0683. The molecular weight excluding hydrogens is 361 g/mol. The maximum Gasteiger partial charge on any atom is 0.254 e. The van der Waals surface area contributed by atoms with Crippen LogP contribution in [0.3, 0.4) is 0 Å². The Kier molecular flexibility index (Phi) is 4.30. The zero-order chi connectivity index (χ0) is 20.1. The van der Waals surface area contributed by atoms with Crippen molar-refractivity contribution < 1.29 is 14.3 Å². The summed E-state index contributed by atoms with van der Waals surface area (Å²) >= 11 is 0. The van der Waals surface area contributed by atoms with Gasteiger partial charge in [-0.2, -0.15) is 5.10 Å². The van der Waals surface area contributed by atoms with Crippen molar-refractivity contribution in [3.8, 4) is 17.0 Å². The Hall–Kier alpha value is -3.00. The molecule has 8 heteroatoms. The van der Waals surface area contributed by atoms with Gasteiger partial charge >= 0.3 is 0 Å². The summed E-state index contributed by atoms with van der Waals surface area (Å²) in [6.07, 6.45) is 1.44. The second-order valence-electron chi connectivity index (χ2n) is 7.71. The Balaban J connectivity index is 1.81. The van der Waals surface area contributed by atoms with E-state index in [0.717, 1.165) is 24.6 Å². The van der Waals surface area contributed by atoms with Crippen LogP contribution >= 0.6 is 0 Å². The van der Waals surface area contributed by atoms with Gasteiger partial charge in [0.05, 0.1) is 16.6 Å². The van der Waals surface area contributed by atoms with Gasteiger partial charge < -0.3 is 15.7 Å². The number of amides is 1. The minimum Gasteiger partial charge on any atom is -0.508 e. The number of aromatic hydroxyl groups is 1. The first-order chi connectivity index (χ1) is 13.2. The highest BCUT2D eigenvalue weighted by Gasteiger charge is 2.30. The Morgan fingerprint density at radius 2 is 2.04 bits per heavy atom. The molecule has 1 saturated heterocycles. The van der Waals surface area contributed by atoms with Crippen LogP contribution in [-0.4, -0.2) is 49.7 Å². The number of aryl methyl sites for hydroxylation is 1. The van der Waals surface area contributed by atoms with Gasteiger partial charge in [0.2, 0.25) is 0 Å². The number of aromatic amines is 1. The molecule has 0 saturated carbocycles. The number of aromatic nitrogens is 3. The Bertz CT molecular complexity index is 1070. The van der Waals surface area contributed by atoms with E-state index in [0.29, 0.717) is 35.4 Å². The number of rotatable bonds is 2. The fourth-order valence-electron chi connectivity index (χ4n) is 3.58. The molecule has 4 N–H and O–H groups in total. The molecule has 0 unspecified atom stereocenters. The predicted molar refractivity (Wildman–Crippen MR) is 103 cm³/mol. The standard InChI is InChI=1S/C20H22FN5O2/c1-11-17-14(19(28)26-7-5-20(2,22)6-8-26)10-16(23-18(17)25-24-11)13-4-3-12(27)9-15(13)21/h3-4,9-10,27H,5-8,22H2,1-2H3,(H,23,24,25). The van der Waals surface area contributed by atoms with Gasteiger partial charge in [-0.15, -0.1) is 0 Å². The van der Waals surface area contributed by atoms with Gasteiger partial charge in [0.25, 0.3) is 5.91 Å². The molecular formula is C20H22FN5O2. The summed E-state index contributed by atoms with van der Waals surface area (Å²) in [7, 11) is 0. The van der Waals surface area contributed by atoms with E-state index in [1.165, 1.54) is 12.1 Å². The van der Waals surface area contributed by atoms with Crippen LogP contribution in [0.5, 0.6) is 5.75 Å². The molecule has 0 bridgehead atoms. The van der Waals surface area contributed by atoms with Crippen LogP contribution in [0.1, 0.15) is 35.8 Å². The first-order valence-corrected chi connectivity index (χ1v) is 9.18. The normalized spacial score (nSPS) is 16.5. The Labute approximate surface area is 161 Å². The molecule has 4 rings (SSSR count). The number of nitrogens with one attached hydrogen (secondary N) is 1. The van der Waals surface area contributed by atoms with Crippen molar-refractivity contribution in [2.45, 2.75) is 32.2 Å². The second kappa shape index (κ2) is 6.56. The van der Waals surface area contributed by atoms with E-state index >= 15 is 0 Å². The van der Waals surface area contributed by atoms with E-state index < -0.39 is 5.82 Å². The summed E-state index contributed by atoms with van der Waals surface area (Å²) in [5.74, 6) is -0.936. The van der Waals surface area contributed by atoms with Gasteiger partial charge in [-0.1, -0.05) is 0 Å². The molecule has 7 nitrogen and oxygen atoms in total. The van der Waals surface area contributed by atoms with Gasteiger partial charge in [-0.05, 0) is 44.9 Å².